The number of hydrogen-bond acceptors (Lipinski definition) is 4. The Labute approximate surface area is 195 Å². The number of halogens is 1. The molecule has 1 aromatic heterocycles. The first-order valence-corrected chi connectivity index (χ1v) is 11.4. The summed E-state index contributed by atoms with van der Waals surface area (Å²) in [5, 5.41) is 6.34. The molecule has 32 heavy (non-hydrogen) atoms. The molecule has 3 aromatic rings. The van der Waals surface area contributed by atoms with Crippen molar-refractivity contribution < 1.29 is 14.3 Å². The van der Waals surface area contributed by atoms with Gasteiger partial charge in [-0.1, -0.05) is 31.5 Å². The van der Waals surface area contributed by atoms with Gasteiger partial charge in [-0.3, -0.25) is 9.48 Å². The van der Waals surface area contributed by atoms with Gasteiger partial charge in [0, 0.05) is 29.7 Å². The quantitative estimate of drug-likeness (QED) is 0.223. The number of rotatable bonds is 12. The van der Waals surface area contributed by atoms with E-state index in [1.54, 1.807) is 38.5 Å². The van der Waals surface area contributed by atoms with Gasteiger partial charge in [0.15, 0.2) is 5.78 Å². The first kappa shape index (κ1) is 23.9. The maximum Gasteiger partial charge on any atom is 0.162 e. The van der Waals surface area contributed by atoms with Crippen LogP contribution in [0.15, 0.2) is 49.2 Å². The smallest absolute Gasteiger partial charge is 0.162 e. The molecule has 2 aromatic carbocycles. The van der Waals surface area contributed by atoms with Crippen molar-refractivity contribution >= 4 is 34.0 Å². The monoisotopic (exact) mass is 454 g/mol. The second-order valence-electron chi connectivity index (χ2n) is 8.03. The molecule has 5 nitrogen and oxygen atoms in total. The number of fused-ring (bicyclic) bond motifs is 1. The van der Waals surface area contributed by atoms with Gasteiger partial charge in [-0.15, -0.1) is 0 Å². The van der Waals surface area contributed by atoms with E-state index in [0.29, 0.717) is 23.1 Å². The molecule has 0 radical (unpaired) electrons. The average Bonchev–Trinajstić information content (AvgIpc) is 3.20. The fourth-order valence-corrected chi connectivity index (χ4v) is 4.22. The number of carbonyl (C=O) groups excluding carboxylic acids is 1. The maximum atomic E-state index is 12.5. The molecule has 0 N–H and O–H groups in total. The SMILES string of the molecule is C=C(OC)c1ccc2nn(CC(CCC)CCCC(=O)c3ccc(Cl)cc3)cc2c1OC. The Bertz CT molecular complexity index is 1070. The van der Waals surface area contributed by atoms with Crippen molar-refractivity contribution in [1.82, 2.24) is 9.78 Å². The summed E-state index contributed by atoms with van der Waals surface area (Å²) in [5.74, 6) is 1.90. The number of nitrogens with zero attached hydrogens (tertiary/aromatic N) is 2. The minimum atomic E-state index is 0.164. The van der Waals surface area contributed by atoms with Crippen molar-refractivity contribution in [1.29, 1.82) is 0 Å². The Morgan fingerprint density at radius 1 is 1.16 bits per heavy atom. The number of aromatic nitrogens is 2. The van der Waals surface area contributed by atoms with Crippen molar-refractivity contribution in [2.24, 2.45) is 5.92 Å². The number of benzene rings is 2. The van der Waals surface area contributed by atoms with Gasteiger partial charge < -0.3 is 9.47 Å². The number of Topliss-reactive ketones (excluding diaryl/α,β-unsaturated/α-hetero) is 1. The lowest BCUT2D eigenvalue weighted by Crippen LogP contribution is -2.12. The molecular formula is C26H31ClN2O3. The summed E-state index contributed by atoms with van der Waals surface area (Å²) in [5.41, 5.74) is 2.43. The first-order chi connectivity index (χ1) is 15.5. The van der Waals surface area contributed by atoms with Crippen LogP contribution in [0.4, 0.5) is 0 Å². The number of carbonyl (C=O) groups is 1. The third-order valence-electron chi connectivity index (χ3n) is 5.76. The molecule has 0 aliphatic heterocycles. The van der Waals surface area contributed by atoms with E-state index in [1.165, 1.54) is 0 Å². The van der Waals surface area contributed by atoms with Crippen LogP contribution in [0.25, 0.3) is 16.7 Å². The standard InChI is InChI=1S/C26H31ClN2O3/c1-5-7-19(8-6-9-25(30)20-10-12-21(27)13-11-20)16-29-17-23-24(28-29)15-14-22(18(2)31-3)26(23)32-4/h10-15,17,19H,2,5-9,16H2,1,3-4H3. The second-order valence-corrected chi connectivity index (χ2v) is 8.47. The van der Waals surface area contributed by atoms with E-state index in [-0.39, 0.29) is 5.78 Å². The van der Waals surface area contributed by atoms with Crippen molar-refractivity contribution in [2.75, 3.05) is 14.2 Å². The molecular weight excluding hydrogens is 424 g/mol. The Hall–Kier alpha value is -2.79. The zero-order valence-corrected chi connectivity index (χ0v) is 19.8. The largest absolute Gasteiger partial charge is 0.497 e. The molecule has 1 atom stereocenters. The molecule has 0 aliphatic carbocycles. The summed E-state index contributed by atoms with van der Waals surface area (Å²) in [4.78, 5) is 12.5. The van der Waals surface area contributed by atoms with E-state index in [4.69, 9.17) is 26.2 Å². The summed E-state index contributed by atoms with van der Waals surface area (Å²) in [6.45, 7) is 6.95. The van der Waals surface area contributed by atoms with Gasteiger partial charge in [0.05, 0.1) is 30.7 Å². The zero-order valence-electron chi connectivity index (χ0n) is 19.1. The molecule has 0 aliphatic rings. The third-order valence-corrected chi connectivity index (χ3v) is 6.01. The Morgan fingerprint density at radius 2 is 1.91 bits per heavy atom. The topological polar surface area (TPSA) is 53.4 Å². The molecule has 6 heteroatoms. The second kappa shape index (κ2) is 11.2. The van der Waals surface area contributed by atoms with Crippen molar-refractivity contribution in [2.45, 2.75) is 45.6 Å². The van der Waals surface area contributed by atoms with Crippen LogP contribution in [-0.2, 0) is 11.3 Å². The van der Waals surface area contributed by atoms with Crippen LogP contribution in [0.5, 0.6) is 5.75 Å². The highest BCUT2D eigenvalue weighted by atomic mass is 35.5. The fourth-order valence-electron chi connectivity index (χ4n) is 4.09. The van der Waals surface area contributed by atoms with Gasteiger partial charge in [-0.25, -0.2) is 0 Å². The van der Waals surface area contributed by atoms with Crippen LogP contribution in [0.3, 0.4) is 0 Å². The van der Waals surface area contributed by atoms with Gasteiger partial charge in [0.1, 0.15) is 11.5 Å². The Kier molecular flexibility index (Phi) is 8.34. The highest BCUT2D eigenvalue weighted by Gasteiger charge is 2.17. The summed E-state index contributed by atoms with van der Waals surface area (Å²) < 4.78 is 12.9. The average molecular weight is 455 g/mol. The number of ketones is 1. The lowest BCUT2D eigenvalue weighted by Gasteiger charge is -2.16. The van der Waals surface area contributed by atoms with Gasteiger partial charge in [0.2, 0.25) is 0 Å². The van der Waals surface area contributed by atoms with Crippen LogP contribution < -0.4 is 4.74 Å². The number of methoxy groups -OCH3 is 2. The van der Waals surface area contributed by atoms with Crippen LogP contribution >= 0.6 is 11.6 Å². The number of hydrogen-bond donors (Lipinski definition) is 0. The fraction of sp³-hybridized carbons (Fsp3) is 0.385. The maximum absolute atomic E-state index is 12.5. The minimum Gasteiger partial charge on any atom is -0.497 e. The van der Waals surface area contributed by atoms with Gasteiger partial charge in [0.25, 0.3) is 0 Å². The van der Waals surface area contributed by atoms with Gasteiger partial charge in [-0.2, -0.15) is 5.10 Å². The predicted octanol–water partition coefficient (Wildman–Crippen LogP) is 6.78. The van der Waals surface area contributed by atoms with E-state index in [1.807, 2.05) is 23.0 Å². The zero-order chi connectivity index (χ0) is 23.1. The normalized spacial score (nSPS) is 12.0. The van der Waals surface area contributed by atoms with E-state index in [9.17, 15) is 4.79 Å². The van der Waals surface area contributed by atoms with Crippen LogP contribution in [0.2, 0.25) is 5.02 Å². The van der Waals surface area contributed by atoms with Crippen molar-refractivity contribution in [3.8, 4) is 5.75 Å². The number of ether oxygens (including phenoxy) is 2. The molecule has 0 amide bonds. The first-order valence-electron chi connectivity index (χ1n) is 11.0. The molecule has 0 spiro atoms. The summed E-state index contributed by atoms with van der Waals surface area (Å²) in [6.07, 6.45) is 6.59. The van der Waals surface area contributed by atoms with E-state index in [0.717, 1.165) is 60.0 Å². The van der Waals surface area contributed by atoms with E-state index >= 15 is 0 Å². The molecule has 1 heterocycles. The molecule has 1 unspecified atom stereocenters. The molecule has 3 rings (SSSR count). The molecule has 0 saturated heterocycles. The molecule has 0 fully saturated rings. The van der Waals surface area contributed by atoms with Crippen LogP contribution in [0, 0.1) is 5.92 Å². The highest BCUT2D eigenvalue weighted by molar-refractivity contribution is 6.30. The lowest BCUT2D eigenvalue weighted by atomic mass is 9.95. The Morgan fingerprint density at radius 3 is 2.56 bits per heavy atom. The van der Waals surface area contributed by atoms with Crippen LogP contribution in [0.1, 0.15) is 54.9 Å². The molecule has 170 valence electrons. The third kappa shape index (κ3) is 5.71. The van der Waals surface area contributed by atoms with Crippen LogP contribution in [-0.4, -0.2) is 29.8 Å². The summed E-state index contributed by atoms with van der Waals surface area (Å²) >= 11 is 5.92. The van der Waals surface area contributed by atoms with Crippen molar-refractivity contribution in [3.63, 3.8) is 0 Å². The lowest BCUT2D eigenvalue weighted by molar-refractivity contribution is 0.0977. The van der Waals surface area contributed by atoms with Crippen molar-refractivity contribution in [3.05, 3.63) is 65.3 Å². The van der Waals surface area contributed by atoms with E-state index in [2.05, 4.69) is 13.5 Å². The van der Waals surface area contributed by atoms with Gasteiger partial charge in [-0.05, 0) is 61.6 Å². The Balaban J connectivity index is 1.67. The van der Waals surface area contributed by atoms with E-state index < -0.39 is 0 Å². The van der Waals surface area contributed by atoms with Gasteiger partial charge >= 0.3 is 0 Å². The molecule has 0 saturated carbocycles. The predicted molar refractivity (Wildman–Crippen MR) is 130 cm³/mol. The minimum absolute atomic E-state index is 0.164. The molecule has 0 bridgehead atoms. The summed E-state index contributed by atoms with van der Waals surface area (Å²) in [6, 6.07) is 11.0. The highest BCUT2D eigenvalue weighted by Crippen LogP contribution is 2.33. The summed E-state index contributed by atoms with van der Waals surface area (Å²) in [7, 11) is 3.25.